The lowest BCUT2D eigenvalue weighted by Crippen LogP contribution is -2.18. The third-order valence-electron chi connectivity index (χ3n) is 4.28. The van der Waals surface area contributed by atoms with E-state index in [-0.39, 0.29) is 5.56 Å². The Bertz CT molecular complexity index is 915. The summed E-state index contributed by atoms with van der Waals surface area (Å²) < 4.78 is 7.32. The fourth-order valence-electron chi connectivity index (χ4n) is 2.37. The molecule has 0 saturated heterocycles. The molecule has 0 atom stereocenters. The van der Waals surface area contributed by atoms with Gasteiger partial charge in [0.2, 0.25) is 5.88 Å². The quantitative estimate of drug-likeness (QED) is 0.688. The molecule has 1 aromatic carbocycles. The topological polar surface area (TPSA) is 57.0 Å². The molecule has 4 rings (SSSR count). The van der Waals surface area contributed by atoms with Crippen molar-refractivity contribution in [3.8, 4) is 5.88 Å². The molecule has 1 saturated carbocycles. The Morgan fingerprint density at radius 2 is 1.78 bits per heavy atom. The van der Waals surface area contributed by atoms with Gasteiger partial charge in [0.1, 0.15) is 12.4 Å². The lowest BCUT2D eigenvalue weighted by molar-refractivity contribution is 0.292. The summed E-state index contributed by atoms with van der Waals surface area (Å²) in [5.41, 5.74) is 2.12. The van der Waals surface area contributed by atoms with Crippen molar-refractivity contribution in [2.24, 2.45) is 5.92 Å². The Hall–Kier alpha value is -2.95. The van der Waals surface area contributed by atoms with Gasteiger partial charge < -0.3 is 9.30 Å². The number of ether oxygens (including phenoxy) is 1. The number of benzene rings is 1. The predicted octanol–water partition coefficient (Wildman–Crippen LogP) is 3.99. The summed E-state index contributed by atoms with van der Waals surface area (Å²) in [5, 5.41) is 0. The molecule has 1 aliphatic carbocycles. The van der Waals surface area contributed by atoms with Crippen LogP contribution in [0.2, 0.25) is 0 Å². The Morgan fingerprint density at radius 1 is 1.07 bits per heavy atom. The van der Waals surface area contributed by atoms with E-state index in [0.29, 0.717) is 24.9 Å². The third kappa shape index (κ3) is 6.37. The van der Waals surface area contributed by atoms with Crippen molar-refractivity contribution in [1.29, 1.82) is 0 Å². The van der Waals surface area contributed by atoms with Crippen LogP contribution < -0.4 is 10.3 Å². The predicted molar refractivity (Wildman–Crippen MR) is 106 cm³/mol. The summed E-state index contributed by atoms with van der Waals surface area (Å²) in [4.78, 5) is 19.9. The van der Waals surface area contributed by atoms with Gasteiger partial charge in [-0.05, 0) is 30.0 Å². The second-order valence-electron chi connectivity index (χ2n) is 6.90. The second-order valence-corrected chi connectivity index (χ2v) is 6.90. The maximum atomic E-state index is 11.7. The van der Waals surface area contributed by atoms with Gasteiger partial charge in [-0.2, -0.15) is 4.98 Å². The molecule has 0 unspecified atom stereocenters. The zero-order valence-corrected chi connectivity index (χ0v) is 15.8. The van der Waals surface area contributed by atoms with Gasteiger partial charge in [0.05, 0.1) is 6.54 Å². The van der Waals surface area contributed by atoms with E-state index >= 15 is 0 Å². The number of rotatable bonds is 5. The first-order valence-electron chi connectivity index (χ1n) is 9.26. The van der Waals surface area contributed by atoms with Crippen LogP contribution in [-0.2, 0) is 13.2 Å². The molecule has 1 fully saturated rings. The zero-order chi connectivity index (χ0) is 19.1. The van der Waals surface area contributed by atoms with Gasteiger partial charge in [0.25, 0.3) is 5.56 Å². The summed E-state index contributed by atoms with van der Waals surface area (Å²) in [6.07, 6.45) is 6.44. The summed E-state index contributed by atoms with van der Waals surface area (Å²) >= 11 is 0. The zero-order valence-electron chi connectivity index (χ0n) is 15.8. The van der Waals surface area contributed by atoms with E-state index in [0.717, 1.165) is 17.0 Å². The van der Waals surface area contributed by atoms with E-state index in [4.69, 9.17) is 4.74 Å². The van der Waals surface area contributed by atoms with Crippen LogP contribution in [0.1, 0.15) is 36.7 Å². The first-order valence-corrected chi connectivity index (χ1v) is 9.26. The molecule has 5 heteroatoms. The molecular formula is C22H25N3O2. The number of nitrogens with zero attached hydrogens (tertiary/aromatic N) is 3. The van der Waals surface area contributed by atoms with Gasteiger partial charge in [-0.15, -0.1) is 0 Å². The maximum Gasteiger partial charge on any atom is 0.250 e. The fraction of sp³-hybridized carbons (Fsp3) is 0.318. The van der Waals surface area contributed by atoms with E-state index in [1.165, 1.54) is 12.8 Å². The minimum atomic E-state index is -0.000888. The number of hydrogen-bond acceptors (Lipinski definition) is 4. The third-order valence-corrected chi connectivity index (χ3v) is 4.28. The van der Waals surface area contributed by atoms with Crippen molar-refractivity contribution < 1.29 is 4.74 Å². The van der Waals surface area contributed by atoms with Gasteiger partial charge in [-0.1, -0.05) is 50.1 Å². The van der Waals surface area contributed by atoms with E-state index in [2.05, 4.69) is 16.9 Å². The van der Waals surface area contributed by atoms with Crippen molar-refractivity contribution in [1.82, 2.24) is 14.5 Å². The highest BCUT2D eigenvalue weighted by Gasteiger charge is 2.12. The number of aryl methyl sites for hydroxylation is 1. The van der Waals surface area contributed by atoms with Crippen molar-refractivity contribution in [3.05, 3.63) is 88.2 Å². The fourth-order valence-corrected chi connectivity index (χ4v) is 2.37. The molecule has 0 spiro atoms. The van der Waals surface area contributed by atoms with Crippen molar-refractivity contribution >= 4 is 0 Å². The van der Waals surface area contributed by atoms with Crippen molar-refractivity contribution in [2.75, 3.05) is 0 Å². The van der Waals surface area contributed by atoms with Crippen LogP contribution in [0.4, 0.5) is 0 Å². The van der Waals surface area contributed by atoms with Crippen LogP contribution in [-0.4, -0.2) is 14.5 Å². The maximum absolute atomic E-state index is 11.7. The van der Waals surface area contributed by atoms with Gasteiger partial charge in [-0.3, -0.25) is 4.79 Å². The minimum Gasteiger partial charge on any atom is -0.473 e. The van der Waals surface area contributed by atoms with Gasteiger partial charge in [-0.25, -0.2) is 4.98 Å². The van der Waals surface area contributed by atoms with Gasteiger partial charge in [0, 0.05) is 24.5 Å². The molecule has 0 N–H and O–H groups in total. The molecule has 5 nitrogen and oxygen atoms in total. The second kappa shape index (κ2) is 9.12. The van der Waals surface area contributed by atoms with Crippen LogP contribution in [0, 0.1) is 12.8 Å². The van der Waals surface area contributed by atoms with Crippen LogP contribution >= 0.6 is 0 Å². The van der Waals surface area contributed by atoms with Crippen molar-refractivity contribution in [2.45, 2.75) is 39.8 Å². The Balaban J connectivity index is 0.000000466. The molecule has 3 aromatic rings. The molecule has 0 bridgehead atoms. The van der Waals surface area contributed by atoms with Crippen LogP contribution in [0.25, 0.3) is 0 Å². The molecule has 1 aliphatic rings. The molecule has 140 valence electrons. The van der Waals surface area contributed by atoms with Crippen LogP contribution in [0.15, 0.2) is 65.7 Å². The lowest BCUT2D eigenvalue weighted by atomic mass is 10.1. The van der Waals surface area contributed by atoms with Crippen LogP contribution in [0.5, 0.6) is 5.88 Å². The summed E-state index contributed by atoms with van der Waals surface area (Å²) in [6, 6.07) is 14.9. The first-order chi connectivity index (χ1) is 13.1. The standard InChI is InChI=1S/C18H17N3O2.C4H8/c1-14-19-10-9-17(20-14)23-13-16-7-5-15(6-8-16)12-21-11-3-2-4-18(21)22;1-4-2-3-4/h2-11H,12-13H2,1H3;4H,2-3H2,1H3. The van der Waals surface area contributed by atoms with Crippen LogP contribution in [0.3, 0.4) is 0 Å². The largest absolute Gasteiger partial charge is 0.473 e. The monoisotopic (exact) mass is 363 g/mol. The highest BCUT2D eigenvalue weighted by Crippen LogP contribution is 2.26. The highest BCUT2D eigenvalue weighted by molar-refractivity contribution is 5.23. The molecule has 0 radical (unpaired) electrons. The smallest absolute Gasteiger partial charge is 0.250 e. The highest BCUT2D eigenvalue weighted by atomic mass is 16.5. The Morgan fingerprint density at radius 3 is 2.41 bits per heavy atom. The van der Waals surface area contributed by atoms with Gasteiger partial charge in [0.15, 0.2) is 0 Å². The summed E-state index contributed by atoms with van der Waals surface area (Å²) in [7, 11) is 0. The average molecular weight is 363 g/mol. The molecule has 0 aliphatic heterocycles. The first kappa shape index (κ1) is 18.8. The molecule has 2 heterocycles. The Kier molecular flexibility index (Phi) is 6.36. The lowest BCUT2D eigenvalue weighted by Gasteiger charge is -2.08. The molecule has 2 aromatic heterocycles. The van der Waals surface area contributed by atoms with Gasteiger partial charge >= 0.3 is 0 Å². The van der Waals surface area contributed by atoms with Crippen molar-refractivity contribution in [3.63, 3.8) is 0 Å². The molecule has 0 amide bonds. The summed E-state index contributed by atoms with van der Waals surface area (Å²) in [6.45, 7) is 5.11. The van der Waals surface area contributed by atoms with E-state index in [1.807, 2.05) is 37.3 Å². The Labute approximate surface area is 159 Å². The minimum absolute atomic E-state index is 0.000888. The van der Waals surface area contributed by atoms with E-state index < -0.39 is 0 Å². The molecular weight excluding hydrogens is 338 g/mol. The normalized spacial score (nSPS) is 12.8. The molecule has 27 heavy (non-hydrogen) atoms. The van der Waals surface area contributed by atoms with E-state index in [1.54, 1.807) is 35.2 Å². The van der Waals surface area contributed by atoms with E-state index in [9.17, 15) is 4.79 Å². The SMILES string of the molecule is CC1CC1.Cc1nccc(OCc2ccc(Cn3ccccc3=O)cc2)n1. The summed E-state index contributed by atoms with van der Waals surface area (Å²) in [5.74, 6) is 2.34. The average Bonchev–Trinajstić information content (AvgIpc) is 3.46. The number of pyridine rings is 1. The number of hydrogen-bond donors (Lipinski definition) is 0. The number of aromatic nitrogens is 3.